The fourth-order valence-electron chi connectivity index (χ4n) is 3.51. The lowest BCUT2D eigenvalue weighted by Gasteiger charge is -2.43. The van der Waals surface area contributed by atoms with Gasteiger partial charge in [0.15, 0.2) is 0 Å². The number of anilines is 1. The number of hydrogen-bond acceptors (Lipinski definition) is 5. The number of nitrogens with one attached hydrogen (secondary N) is 2. The van der Waals surface area contributed by atoms with Gasteiger partial charge in [0.2, 0.25) is 0 Å². The van der Waals surface area contributed by atoms with E-state index in [2.05, 4.69) is 34.4 Å². The molecule has 3 N–H and O–H groups in total. The number of carbonyl (C=O) groups is 1. The average Bonchev–Trinajstić information content (AvgIpc) is 2.57. The van der Waals surface area contributed by atoms with Gasteiger partial charge in [-0.25, -0.2) is 14.8 Å². The summed E-state index contributed by atoms with van der Waals surface area (Å²) in [5, 5.41) is 14.4. The van der Waals surface area contributed by atoms with Crippen LogP contribution in [0.1, 0.15) is 26.0 Å². The van der Waals surface area contributed by atoms with Gasteiger partial charge in [-0.15, -0.1) is 0 Å². The molecule has 1 aliphatic heterocycles. The van der Waals surface area contributed by atoms with Crippen LogP contribution in [-0.4, -0.2) is 40.9 Å². The Hall–Kier alpha value is -2.67. The highest BCUT2D eigenvalue weighted by molar-refractivity contribution is 5.82. The molecule has 7 nitrogen and oxygen atoms in total. The number of rotatable bonds is 7. The summed E-state index contributed by atoms with van der Waals surface area (Å²) >= 11 is 0. The summed E-state index contributed by atoms with van der Waals surface area (Å²) < 4.78 is 6.11. The Balaban J connectivity index is 1.71. The van der Waals surface area contributed by atoms with Crippen LogP contribution in [0.4, 0.5) is 10.6 Å². The average molecular weight is 370 g/mol. The predicted octanol–water partition coefficient (Wildman–Crippen LogP) is 3.56. The van der Waals surface area contributed by atoms with Crippen molar-refractivity contribution >= 4 is 11.9 Å². The van der Waals surface area contributed by atoms with Crippen LogP contribution < -0.4 is 15.4 Å². The number of nitrogens with zero attached hydrogens (tertiary/aromatic N) is 2. The van der Waals surface area contributed by atoms with Crippen molar-refractivity contribution in [1.29, 1.82) is 0 Å². The summed E-state index contributed by atoms with van der Waals surface area (Å²) in [5.74, 6) is 1.69. The number of amides is 1. The van der Waals surface area contributed by atoms with E-state index >= 15 is 0 Å². The van der Waals surface area contributed by atoms with Gasteiger partial charge in [-0.2, -0.15) is 0 Å². The summed E-state index contributed by atoms with van der Waals surface area (Å²) in [7, 11) is 0. The number of pyridine rings is 2. The van der Waals surface area contributed by atoms with E-state index in [-0.39, 0.29) is 11.2 Å². The summed E-state index contributed by atoms with van der Waals surface area (Å²) in [6.07, 6.45) is 1.55. The lowest BCUT2D eigenvalue weighted by atomic mass is 9.76. The van der Waals surface area contributed by atoms with Gasteiger partial charge in [-0.05, 0) is 43.5 Å². The number of ether oxygens (including phenoxy) is 1. The monoisotopic (exact) mass is 370 g/mol. The maximum absolute atomic E-state index is 10.8. The van der Waals surface area contributed by atoms with Crippen LogP contribution in [-0.2, 0) is 0 Å². The maximum Gasteiger partial charge on any atom is 0.410 e. The lowest BCUT2D eigenvalue weighted by Crippen LogP contribution is -2.57. The zero-order valence-corrected chi connectivity index (χ0v) is 16.0. The molecule has 1 saturated heterocycles. The predicted molar refractivity (Wildman–Crippen MR) is 104 cm³/mol. The van der Waals surface area contributed by atoms with Gasteiger partial charge < -0.3 is 15.2 Å². The number of carboxylic acid groups (broad SMARTS) is 1. The van der Waals surface area contributed by atoms with Crippen LogP contribution in [0.25, 0.3) is 11.3 Å². The number of aryl methyl sites for hydroxylation is 1. The second kappa shape index (κ2) is 7.92. The number of aromatic nitrogens is 2. The molecule has 0 aliphatic carbocycles. The van der Waals surface area contributed by atoms with E-state index in [0.29, 0.717) is 12.5 Å². The van der Waals surface area contributed by atoms with Crippen LogP contribution in [0.15, 0.2) is 30.5 Å². The Bertz CT molecular complexity index is 819. The van der Waals surface area contributed by atoms with Gasteiger partial charge in [-0.3, -0.25) is 5.32 Å². The van der Waals surface area contributed by atoms with Crippen molar-refractivity contribution in [3.8, 4) is 17.0 Å². The van der Waals surface area contributed by atoms with Crippen molar-refractivity contribution in [2.45, 2.75) is 27.2 Å². The molecule has 0 saturated carbocycles. The third-order valence-corrected chi connectivity index (χ3v) is 4.70. The second-order valence-electron chi connectivity index (χ2n) is 7.63. The topological polar surface area (TPSA) is 96.4 Å². The minimum Gasteiger partial charge on any atom is -0.491 e. The normalized spacial score (nSPS) is 15.3. The zero-order chi connectivity index (χ0) is 19.4. The third-order valence-electron chi connectivity index (χ3n) is 4.70. The maximum atomic E-state index is 10.8. The molecule has 27 heavy (non-hydrogen) atoms. The first-order chi connectivity index (χ1) is 12.9. The minimum absolute atomic E-state index is 0.210. The first-order valence-electron chi connectivity index (χ1n) is 9.14. The fraction of sp³-hybridized carbons (Fsp3) is 0.450. The highest BCUT2D eigenvalue weighted by Gasteiger charge is 2.38. The van der Waals surface area contributed by atoms with Crippen molar-refractivity contribution in [2.75, 3.05) is 25.0 Å². The lowest BCUT2D eigenvalue weighted by molar-refractivity contribution is 0.0597. The molecule has 0 radical (unpaired) electrons. The molecule has 2 aromatic heterocycles. The van der Waals surface area contributed by atoms with E-state index in [9.17, 15) is 4.79 Å². The first-order valence-corrected chi connectivity index (χ1v) is 9.14. The van der Waals surface area contributed by atoms with Crippen LogP contribution in [0.3, 0.4) is 0 Å². The van der Waals surface area contributed by atoms with E-state index in [1.54, 1.807) is 18.3 Å². The molecule has 144 valence electrons. The molecule has 1 amide bonds. The Labute approximate surface area is 159 Å². The second-order valence-corrected chi connectivity index (χ2v) is 7.63. The van der Waals surface area contributed by atoms with Crippen LogP contribution in [0, 0.1) is 18.3 Å². The van der Waals surface area contributed by atoms with Crippen molar-refractivity contribution in [3.05, 3.63) is 36.2 Å². The summed E-state index contributed by atoms with van der Waals surface area (Å²) in [6.45, 7) is 9.07. The van der Waals surface area contributed by atoms with Gasteiger partial charge in [0, 0.05) is 30.3 Å². The van der Waals surface area contributed by atoms with Crippen LogP contribution in [0.5, 0.6) is 5.75 Å². The Morgan fingerprint density at radius 2 is 2.15 bits per heavy atom. The standard InChI is InChI=1S/C20H26N4O3/c1-13(2)9-20(10-21-11-20)12-27-17-5-4-16(23-14(17)3)15-6-7-22-18(8-15)24-19(25)26/h4-8,13,21H,9-12H2,1-3H3,(H,22,24)(H,25,26). The summed E-state index contributed by atoms with van der Waals surface area (Å²) in [4.78, 5) is 19.4. The molecule has 3 heterocycles. The fourth-order valence-corrected chi connectivity index (χ4v) is 3.51. The van der Waals surface area contributed by atoms with Gasteiger partial charge >= 0.3 is 6.09 Å². The molecule has 0 bridgehead atoms. The van der Waals surface area contributed by atoms with Crippen molar-refractivity contribution in [3.63, 3.8) is 0 Å². The van der Waals surface area contributed by atoms with Gasteiger partial charge in [0.25, 0.3) is 0 Å². The van der Waals surface area contributed by atoms with E-state index in [1.807, 2.05) is 19.1 Å². The molecule has 0 aromatic carbocycles. The molecule has 0 unspecified atom stereocenters. The smallest absolute Gasteiger partial charge is 0.410 e. The number of hydrogen-bond donors (Lipinski definition) is 3. The van der Waals surface area contributed by atoms with Crippen LogP contribution in [0.2, 0.25) is 0 Å². The van der Waals surface area contributed by atoms with Gasteiger partial charge in [0.05, 0.1) is 18.0 Å². The summed E-state index contributed by atoms with van der Waals surface area (Å²) in [6, 6.07) is 7.27. The van der Waals surface area contributed by atoms with Crippen molar-refractivity contribution in [2.24, 2.45) is 11.3 Å². The van der Waals surface area contributed by atoms with Gasteiger partial charge in [-0.1, -0.05) is 13.8 Å². The third kappa shape index (κ3) is 4.74. The Kier molecular flexibility index (Phi) is 5.60. The molecule has 0 atom stereocenters. The SMILES string of the molecule is Cc1nc(-c2ccnc(NC(=O)O)c2)ccc1OCC1(CC(C)C)CNC1. The Morgan fingerprint density at radius 1 is 1.37 bits per heavy atom. The zero-order valence-electron chi connectivity index (χ0n) is 16.0. The molecule has 2 aromatic rings. The largest absolute Gasteiger partial charge is 0.491 e. The van der Waals surface area contributed by atoms with Crippen LogP contribution >= 0.6 is 0 Å². The van der Waals surface area contributed by atoms with Gasteiger partial charge in [0.1, 0.15) is 11.6 Å². The van der Waals surface area contributed by atoms with E-state index in [0.717, 1.165) is 42.2 Å². The van der Waals surface area contributed by atoms with Crippen molar-refractivity contribution < 1.29 is 14.6 Å². The minimum atomic E-state index is -1.15. The van der Waals surface area contributed by atoms with E-state index in [1.165, 1.54) is 0 Å². The molecule has 7 heteroatoms. The first kappa shape index (κ1) is 19.1. The highest BCUT2D eigenvalue weighted by atomic mass is 16.5. The molecule has 1 fully saturated rings. The van der Waals surface area contributed by atoms with E-state index < -0.39 is 6.09 Å². The quantitative estimate of drug-likeness (QED) is 0.690. The highest BCUT2D eigenvalue weighted by Crippen LogP contribution is 2.32. The molecular weight excluding hydrogens is 344 g/mol. The summed E-state index contributed by atoms with van der Waals surface area (Å²) in [5.41, 5.74) is 2.56. The molecule has 1 aliphatic rings. The Morgan fingerprint density at radius 3 is 2.74 bits per heavy atom. The molecular formula is C20H26N4O3. The van der Waals surface area contributed by atoms with E-state index in [4.69, 9.17) is 9.84 Å². The molecule has 0 spiro atoms. The molecule has 3 rings (SSSR count). The van der Waals surface area contributed by atoms with Crippen molar-refractivity contribution in [1.82, 2.24) is 15.3 Å².